The third-order valence-corrected chi connectivity index (χ3v) is 4.26. The van der Waals surface area contributed by atoms with E-state index >= 15 is 0 Å². The average molecular weight is 169 g/mol. The molecule has 2 heteroatoms. The predicted molar refractivity (Wildman–Crippen MR) is 48.8 cm³/mol. The van der Waals surface area contributed by atoms with E-state index in [1.165, 1.54) is 6.42 Å². The van der Waals surface area contributed by atoms with Crippen molar-refractivity contribution in [1.82, 2.24) is 0 Å². The van der Waals surface area contributed by atoms with Gasteiger partial charge in [-0.3, -0.25) is 0 Å². The minimum Gasteiger partial charge on any atom is -0.380 e. The zero-order valence-corrected chi connectivity index (χ0v) is 8.31. The van der Waals surface area contributed by atoms with E-state index in [4.69, 9.17) is 10.5 Å². The average Bonchev–Trinajstić information content (AvgIpc) is 2.50. The van der Waals surface area contributed by atoms with Crippen LogP contribution < -0.4 is 5.73 Å². The van der Waals surface area contributed by atoms with Crippen molar-refractivity contribution in [3.05, 3.63) is 0 Å². The van der Waals surface area contributed by atoms with Gasteiger partial charge in [-0.15, -0.1) is 0 Å². The molecule has 0 spiro atoms. The summed E-state index contributed by atoms with van der Waals surface area (Å²) in [6.45, 7) is 9.60. The Kier molecular flexibility index (Phi) is 1.45. The molecule has 1 aliphatic carbocycles. The van der Waals surface area contributed by atoms with Crippen molar-refractivity contribution in [3.63, 3.8) is 0 Å². The molecule has 0 amide bonds. The van der Waals surface area contributed by atoms with E-state index in [2.05, 4.69) is 20.8 Å². The summed E-state index contributed by atoms with van der Waals surface area (Å²) in [4.78, 5) is 0. The molecule has 2 fully saturated rings. The van der Waals surface area contributed by atoms with E-state index in [9.17, 15) is 0 Å². The van der Waals surface area contributed by atoms with Crippen LogP contribution in [0.1, 0.15) is 27.2 Å². The van der Waals surface area contributed by atoms with Crippen LogP contribution in [0, 0.1) is 16.2 Å². The normalized spacial score (nSPS) is 42.0. The van der Waals surface area contributed by atoms with Crippen LogP contribution in [-0.4, -0.2) is 19.8 Å². The third kappa shape index (κ3) is 0.728. The summed E-state index contributed by atoms with van der Waals surface area (Å²) < 4.78 is 5.30. The highest BCUT2D eigenvalue weighted by atomic mass is 16.5. The van der Waals surface area contributed by atoms with Gasteiger partial charge in [0.2, 0.25) is 0 Å². The fourth-order valence-corrected chi connectivity index (χ4v) is 3.02. The van der Waals surface area contributed by atoms with Crippen LogP contribution in [0.4, 0.5) is 0 Å². The van der Waals surface area contributed by atoms with Crippen molar-refractivity contribution < 1.29 is 4.74 Å². The van der Waals surface area contributed by atoms with Crippen molar-refractivity contribution in [2.24, 2.45) is 22.0 Å². The minimum absolute atomic E-state index is 0.366. The largest absolute Gasteiger partial charge is 0.380 e. The molecule has 12 heavy (non-hydrogen) atoms. The first-order chi connectivity index (χ1) is 5.47. The monoisotopic (exact) mass is 169 g/mol. The zero-order valence-electron chi connectivity index (χ0n) is 8.31. The van der Waals surface area contributed by atoms with Crippen LogP contribution in [0.15, 0.2) is 0 Å². The van der Waals surface area contributed by atoms with Crippen molar-refractivity contribution in [2.75, 3.05) is 19.8 Å². The van der Waals surface area contributed by atoms with E-state index < -0.39 is 0 Å². The first-order valence-electron chi connectivity index (χ1n) is 4.75. The summed E-state index contributed by atoms with van der Waals surface area (Å²) >= 11 is 0. The van der Waals surface area contributed by atoms with Gasteiger partial charge >= 0.3 is 0 Å². The maximum atomic E-state index is 5.88. The molecule has 1 atom stereocenters. The highest BCUT2D eigenvalue weighted by Gasteiger charge is 2.70. The fourth-order valence-electron chi connectivity index (χ4n) is 3.02. The molecule has 1 saturated carbocycles. The molecule has 1 unspecified atom stereocenters. The van der Waals surface area contributed by atoms with Crippen LogP contribution >= 0.6 is 0 Å². The highest BCUT2D eigenvalue weighted by Crippen LogP contribution is 2.72. The summed E-state index contributed by atoms with van der Waals surface area (Å²) in [6.07, 6.45) is 1.27. The first kappa shape index (κ1) is 8.52. The molecular weight excluding hydrogens is 150 g/mol. The van der Waals surface area contributed by atoms with Crippen LogP contribution in [0.3, 0.4) is 0 Å². The lowest BCUT2D eigenvalue weighted by atomic mass is 9.69. The number of rotatable bonds is 2. The molecule has 0 aromatic carbocycles. The van der Waals surface area contributed by atoms with Gasteiger partial charge in [0, 0.05) is 5.41 Å². The molecule has 2 aliphatic rings. The standard InChI is InChI=1S/C10H19NO/c1-8(2)4-10(8,5-11)9(3)6-12-7-9/h4-7,11H2,1-3H3. The molecule has 2 nitrogen and oxygen atoms in total. The second kappa shape index (κ2) is 2.05. The summed E-state index contributed by atoms with van der Waals surface area (Å²) in [5, 5.41) is 0. The van der Waals surface area contributed by atoms with E-state index in [0.717, 1.165) is 19.8 Å². The van der Waals surface area contributed by atoms with E-state index in [-0.39, 0.29) is 0 Å². The van der Waals surface area contributed by atoms with Crippen LogP contribution in [0.25, 0.3) is 0 Å². The molecule has 1 aliphatic heterocycles. The zero-order chi connectivity index (χ0) is 9.04. The quantitative estimate of drug-likeness (QED) is 0.678. The van der Waals surface area contributed by atoms with Gasteiger partial charge in [0.25, 0.3) is 0 Å². The number of ether oxygens (including phenoxy) is 1. The second-order valence-corrected chi connectivity index (χ2v) is 5.40. The van der Waals surface area contributed by atoms with Gasteiger partial charge in [0.05, 0.1) is 13.2 Å². The first-order valence-corrected chi connectivity index (χ1v) is 4.75. The second-order valence-electron chi connectivity index (χ2n) is 5.40. The van der Waals surface area contributed by atoms with Gasteiger partial charge < -0.3 is 10.5 Å². The lowest BCUT2D eigenvalue weighted by Crippen LogP contribution is -2.51. The number of hydrogen-bond donors (Lipinski definition) is 1. The molecule has 2 N–H and O–H groups in total. The van der Waals surface area contributed by atoms with E-state index in [1.807, 2.05) is 0 Å². The molecule has 70 valence electrons. The maximum Gasteiger partial charge on any atom is 0.0548 e. The predicted octanol–water partition coefficient (Wildman–Crippen LogP) is 1.40. The van der Waals surface area contributed by atoms with Gasteiger partial charge in [-0.05, 0) is 23.8 Å². The Morgan fingerprint density at radius 2 is 1.75 bits per heavy atom. The van der Waals surface area contributed by atoms with Crippen molar-refractivity contribution in [2.45, 2.75) is 27.2 Å². The van der Waals surface area contributed by atoms with Crippen molar-refractivity contribution in [1.29, 1.82) is 0 Å². The number of nitrogens with two attached hydrogens (primary N) is 1. The smallest absolute Gasteiger partial charge is 0.0548 e. The van der Waals surface area contributed by atoms with E-state index in [0.29, 0.717) is 16.2 Å². The van der Waals surface area contributed by atoms with Gasteiger partial charge in [0.1, 0.15) is 0 Å². The van der Waals surface area contributed by atoms with Crippen molar-refractivity contribution in [3.8, 4) is 0 Å². The maximum absolute atomic E-state index is 5.88. The Morgan fingerprint density at radius 1 is 1.25 bits per heavy atom. The van der Waals surface area contributed by atoms with Crippen molar-refractivity contribution >= 4 is 0 Å². The molecule has 0 aromatic rings. The highest BCUT2D eigenvalue weighted by molar-refractivity contribution is 5.19. The Morgan fingerprint density at radius 3 is 1.83 bits per heavy atom. The van der Waals surface area contributed by atoms with Crippen LogP contribution in [0.5, 0.6) is 0 Å². The molecule has 0 radical (unpaired) electrons. The molecule has 2 rings (SSSR count). The minimum atomic E-state index is 0.366. The van der Waals surface area contributed by atoms with Gasteiger partial charge in [-0.2, -0.15) is 0 Å². The van der Waals surface area contributed by atoms with Crippen LogP contribution in [-0.2, 0) is 4.74 Å². The molecule has 0 aromatic heterocycles. The van der Waals surface area contributed by atoms with Gasteiger partial charge in [-0.1, -0.05) is 20.8 Å². The third-order valence-electron chi connectivity index (χ3n) is 4.26. The molecular formula is C10H19NO. The summed E-state index contributed by atoms with van der Waals surface area (Å²) in [7, 11) is 0. The summed E-state index contributed by atoms with van der Waals surface area (Å²) in [5.41, 5.74) is 7.07. The van der Waals surface area contributed by atoms with Gasteiger partial charge in [0.15, 0.2) is 0 Å². The van der Waals surface area contributed by atoms with Gasteiger partial charge in [-0.25, -0.2) is 0 Å². The lowest BCUT2D eigenvalue weighted by molar-refractivity contribution is -0.149. The Hall–Kier alpha value is -0.0800. The Balaban J connectivity index is 2.21. The van der Waals surface area contributed by atoms with Crippen LogP contribution in [0.2, 0.25) is 0 Å². The topological polar surface area (TPSA) is 35.2 Å². The lowest BCUT2D eigenvalue weighted by Gasteiger charge is -2.46. The summed E-state index contributed by atoms with van der Waals surface area (Å²) in [6, 6.07) is 0. The molecule has 1 heterocycles. The molecule has 0 bridgehead atoms. The Labute approximate surface area is 74.5 Å². The van der Waals surface area contributed by atoms with E-state index in [1.54, 1.807) is 0 Å². The fraction of sp³-hybridized carbons (Fsp3) is 1.00. The molecule has 1 saturated heterocycles. The SMILES string of the molecule is CC1(C)CC1(CN)C1(C)COC1. The summed E-state index contributed by atoms with van der Waals surface area (Å²) in [5.74, 6) is 0. The Bertz CT molecular complexity index is 208. The number of hydrogen-bond acceptors (Lipinski definition) is 2.